The lowest BCUT2D eigenvalue weighted by molar-refractivity contribution is 0.210. The molecule has 0 radical (unpaired) electrons. The Balaban J connectivity index is 2.10. The number of hydrogen-bond acceptors (Lipinski definition) is 3. The van der Waals surface area contributed by atoms with E-state index in [1.165, 1.54) is 32.1 Å². The van der Waals surface area contributed by atoms with E-state index >= 15 is 0 Å². The summed E-state index contributed by atoms with van der Waals surface area (Å²) in [4.78, 5) is 4.15. The normalized spacial score (nSPS) is 25.9. The molecule has 0 amide bonds. The third kappa shape index (κ3) is 3.22. The minimum atomic E-state index is 0.198. The first-order valence-corrected chi connectivity index (χ1v) is 7.20. The fraction of sp³-hybridized carbons (Fsp3) is 0.643. The summed E-state index contributed by atoms with van der Waals surface area (Å²) >= 11 is 5.83. The maximum Gasteiger partial charge on any atom is 0.129 e. The van der Waals surface area contributed by atoms with Crippen LogP contribution < -0.4 is 11.3 Å². The van der Waals surface area contributed by atoms with Gasteiger partial charge in [0.05, 0.1) is 6.04 Å². The van der Waals surface area contributed by atoms with Gasteiger partial charge in [-0.05, 0) is 36.3 Å². The van der Waals surface area contributed by atoms with Crippen LogP contribution in [-0.4, -0.2) is 4.98 Å². The molecule has 3 unspecified atom stereocenters. The second kappa shape index (κ2) is 6.50. The van der Waals surface area contributed by atoms with Crippen molar-refractivity contribution >= 4 is 11.6 Å². The Morgan fingerprint density at radius 1 is 1.50 bits per heavy atom. The van der Waals surface area contributed by atoms with Gasteiger partial charge in [-0.15, -0.1) is 0 Å². The molecule has 1 aliphatic rings. The molecule has 1 saturated carbocycles. The summed E-state index contributed by atoms with van der Waals surface area (Å²) in [5.41, 5.74) is 4.11. The number of aromatic nitrogens is 1. The lowest BCUT2D eigenvalue weighted by Gasteiger charge is -2.34. The Morgan fingerprint density at radius 2 is 2.33 bits per heavy atom. The van der Waals surface area contributed by atoms with E-state index in [1.807, 2.05) is 18.3 Å². The summed E-state index contributed by atoms with van der Waals surface area (Å²) in [5, 5.41) is 0.532. The molecular weight excluding hydrogens is 246 g/mol. The minimum absolute atomic E-state index is 0.198. The number of halogens is 1. The quantitative estimate of drug-likeness (QED) is 0.499. The Morgan fingerprint density at radius 3 is 2.94 bits per heavy atom. The highest BCUT2D eigenvalue weighted by Crippen LogP contribution is 2.38. The summed E-state index contributed by atoms with van der Waals surface area (Å²) in [7, 11) is 0. The number of nitrogens with two attached hydrogens (primary N) is 1. The van der Waals surface area contributed by atoms with Crippen molar-refractivity contribution in [2.24, 2.45) is 17.7 Å². The number of pyridine rings is 1. The third-order valence-corrected chi connectivity index (χ3v) is 4.38. The van der Waals surface area contributed by atoms with Crippen LogP contribution in [0, 0.1) is 11.8 Å². The number of rotatable bonds is 4. The van der Waals surface area contributed by atoms with Crippen LogP contribution in [0.5, 0.6) is 0 Å². The zero-order chi connectivity index (χ0) is 13.0. The van der Waals surface area contributed by atoms with E-state index in [0.717, 1.165) is 11.5 Å². The van der Waals surface area contributed by atoms with E-state index in [9.17, 15) is 0 Å². The van der Waals surface area contributed by atoms with Gasteiger partial charge in [0.15, 0.2) is 0 Å². The van der Waals surface area contributed by atoms with Crippen molar-refractivity contribution in [3.8, 4) is 0 Å². The molecule has 2 rings (SSSR count). The monoisotopic (exact) mass is 267 g/mol. The molecule has 1 heterocycles. The summed E-state index contributed by atoms with van der Waals surface area (Å²) in [5.74, 6) is 7.20. The Labute approximate surface area is 114 Å². The molecule has 0 aliphatic heterocycles. The van der Waals surface area contributed by atoms with Gasteiger partial charge in [0.2, 0.25) is 0 Å². The molecule has 0 aromatic carbocycles. The van der Waals surface area contributed by atoms with Gasteiger partial charge in [-0.3, -0.25) is 11.3 Å². The van der Waals surface area contributed by atoms with E-state index in [-0.39, 0.29) is 6.04 Å². The number of hydrogen-bond donors (Lipinski definition) is 2. The molecule has 18 heavy (non-hydrogen) atoms. The zero-order valence-electron chi connectivity index (χ0n) is 10.9. The number of nitrogens with zero attached hydrogens (tertiary/aromatic N) is 1. The van der Waals surface area contributed by atoms with Gasteiger partial charge in [0, 0.05) is 6.20 Å². The molecule has 0 saturated heterocycles. The fourth-order valence-electron chi connectivity index (χ4n) is 3.08. The molecule has 1 aromatic rings. The molecule has 1 aromatic heterocycles. The van der Waals surface area contributed by atoms with E-state index in [4.69, 9.17) is 17.4 Å². The van der Waals surface area contributed by atoms with Crippen LogP contribution >= 0.6 is 11.6 Å². The maximum atomic E-state index is 5.83. The van der Waals surface area contributed by atoms with Gasteiger partial charge in [-0.1, -0.05) is 43.9 Å². The Hall–Kier alpha value is -0.640. The highest BCUT2D eigenvalue weighted by atomic mass is 35.5. The lowest BCUT2D eigenvalue weighted by Crippen LogP contribution is -2.35. The van der Waals surface area contributed by atoms with E-state index in [1.54, 1.807) is 0 Å². The Kier molecular flexibility index (Phi) is 4.98. The van der Waals surface area contributed by atoms with Crippen molar-refractivity contribution in [1.82, 2.24) is 10.4 Å². The van der Waals surface area contributed by atoms with E-state index < -0.39 is 0 Å². The van der Waals surface area contributed by atoms with Crippen LogP contribution in [0.25, 0.3) is 0 Å². The van der Waals surface area contributed by atoms with Crippen LogP contribution in [-0.2, 0) is 0 Å². The second-order valence-corrected chi connectivity index (χ2v) is 5.65. The molecule has 1 aliphatic carbocycles. The maximum absolute atomic E-state index is 5.83. The smallest absolute Gasteiger partial charge is 0.129 e. The van der Waals surface area contributed by atoms with Gasteiger partial charge < -0.3 is 0 Å². The molecular formula is C14H22ClN3. The van der Waals surface area contributed by atoms with Gasteiger partial charge in [0.1, 0.15) is 5.15 Å². The van der Waals surface area contributed by atoms with E-state index in [2.05, 4.69) is 17.3 Å². The van der Waals surface area contributed by atoms with Crippen molar-refractivity contribution < 1.29 is 0 Å². The predicted molar refractivity (Wildman–Crippen MR) is 75.1 cm³/mol. The summed E-state index contributed by atoms with van der Waals surface area (Å²) in [6, 6.07) is 4.06. The van der Waals surface area contributed by atoms with Crippen LogP contribution in [0.2, 0.25) is 5.15 Å². The molecule has 0 spiro atoms. The number of hydrazine groups is 1. The average Bonchev–Trinajstić information content (AvgIpc) is 2.42. The van der Waals surface area contributed by atoms with Crippen LogP contribution in [0.3, 0.4) is 0 Å². The molecule has 1 fully saturated rings. The fourth-order valence-corrected chi connectivity index (χ4v) is 3.19. The average molecular weight is 268 g/mol. The molecule has 3 N–H and O–H groups in total. The SMILES string of the molecule is CCC1CCCC(C(NN)c2ccc(Cl)nc2)C1. The highest BCUT2D eigenvalue weighted by Gasteiger charge is 2.28. The molecule has 3 atom stereocenters. The summed E-state index contributed by atoms with van der Waals surface area (Å²) < 4.78 is 0. The molecule has 100 valence electrons. The molecule has 3 nitrogen and oxygen atoms in total. The first-order valence-electron chi connectivity index (χ1n) is 6.82. The number of nitrogens with one attached hydrogen (secondary N) is 1. The minimum Gasteiger partial charge on any atom is -0.271 e. The topological polar surface area (TPSA) is 50.9 Å². The van der Waals surface area contributed by atoms with Crippen molar-refractivity contribution in [2.75, 3.05) is 0 Å². The highest BCUT2D eigenvalue weighted by molar-refractivity contribution is 6.29. The van der Waals surface area contributed by atoms with Gasteiger partial charge in [-0.25, -0.2) is 4.98 Å². The van der Waals surface area contributed by atoms with Gasteiger partial charge in [0.25, 0.3) is 0 Å². The first-order chi connectivity index (χ1) is 8.74. The van der Waals surface area contributed by atoms with Crippen molar-refractivity contribution in [2.45, 2.75) is 45.1 Å². The van der Waals surface area contributed by atoms with E-state index in [0.29, 0.717) is 11.1 Å². The standard InChI is InChI=1S/C14H22ClN3/c1-2-10-4-3-5-11(8-10)14(18-16)12-6-7-13(15)17-9-12/h6-7,9-11,14,18H,2-5,8,16H2,1H3. The van der Waals surface area contributed by atoms with Crippen molar-refractivity contribution in [1.29, 1.82) is 0 Å². The van der Waals surface area contributed by atoms with Crippen LogP contribution in [0.1, 0.15) is 50.6 Å². The molecule has 0 bridgehead atoms. The zero-order valence-corrected chi connectivity index (χ0v) is 11.7. The second-order valence-electron chi connectivity index (χ2n) is 5.26. The predicted octanol–water partition coefficient (Wildman–Crippen LogP) is 3.46. The van der Waals surface area contributed by atoms with Gasteiger partial charge in [-0.2, -0.15) is 0 Å². The van der Waals surface area contributed by atoms with Crippen molar-refractivity contribution in [3.63, 3.8) is 0 Å². The largest absolute Gasteiger partial charge is 0.271 e. The Bertz CT molecular complexity index is 366. The van der Waals surface area contributed by atoms with Gasteiger partial charge >= 0.3 is 0 Å². The first kappa shape index (κ1) is 13.8. The summed E-state index contributed by atoms with van der Waals surface area (Å²) in [6.07, 6.45) is 8.28. The van der Waals surface area contributed by atoms with Crippen molar-refractivity contribution in [3.05, 3.63) is 29.0 Å². The van der Waals surface area contributed by atoms with Crippen LogP contribution in [0.4, 0.5) is 0 Å². The summed E-state index contributed by atoms with van der Waals surface area (Å²) in [6.45, 7) is 2.28. The third-order valence-electron chi connectivity index (χ3n) is 4.16. The lowest BCUT2D eigenvalue weighted by atomic mass is 9.75. The van der Waals surface area contributed by atoms with Crippen LogP contribution in [0.15, 0.2) is 18.3 Å². The molecule has 4 heteroatoms.